The highest BCUT2D eigenvalue weighted by Crippen LogP contribution is 2.09. The van der Waals surface area contributed by atoms with Crippen LogP contribution in [-0.4, -0.2) is 25.4 Å². The van der Waals surface area contributed by atoms with E-state index < -0.39 is 10.0 Å². The molecule has 0 aromatic carbocycles. The number of sulfonamides is 1. The number of hydrogen-bond donors (Lipinski definition) is 2. The van der Waals surface area contributed by atoms with E-state index in [1.807, 2.05) is 20.0 Å². The minimum atomic E-state index is -3.62. The minimum absolute atomic E-state index is 0.0175. The van der Waals surface area contributed by atoms with Gasteiger partial charge in [0.15, 0.2) is 5.03 Å². The molecule has 2 N–H and O–H groups in total. The monoisotopic (exact) mass is 306 g/mol. The van der Waals surface area contributed by atoms with E-state index in [0.29, 0.717) is 6.54 Å². The van der Waals surface area contributed by atoms with Crippen LogP contribution in [0.5, 0.6) is 0 Å². The summed E-state index contributed by atoms with van der Waals surface area (Å²) in [5, 5.41) is 3.00. The van der Waals surface area contributed by atoms with Gasteiger partial charge in [0.2, 0.25) is 0 Å². The van der Waals surface area contributed by atoms with E-state index in [1.54, 1.807) is 24.7 Å². The Morgan fingerprint density at radius 3 is 2.57 bits per heavy atom. The van der Waals surface area contributed by atoms with E-state index >= 15 is 0 Å². The molecule has 0 saturated heterocycles. The highest BCUT2D eigenvalue weighted by atomic mass is 32.2. The molecule has 2 heterocycles. The Balaban J connectivity index is 2.09. The third-order valence-electron chi connectivity index (χ3n) is 3.05. The van der Waals surface area contributed by atoms with Gasteiger partial charge >= 0.3 is 0 Å². The van der Waals surface area contributed by atoms with Crippen molar-refractivity contribution in [1.82, 2.24) is 20.0 Å². The molecule has 0 bridgehead atoms. The van der Waals surface area contributed by atoms with Crippen LogP contribution in [0.4, 0.5) is 0 Å². The largest absolute Gasteiger partial charge is 0.316 e. The van der Waals surface area contributed by atoms with Crippen molar-refractivity contribution in [3.05, 3.63) is 53.5 Å². The van der Waals surface area contributed by atoms with Gasteiger partial charge in [0, 0.05) is 31.7 Å². The normalized spacial score (nSPS) is 11.5. The second-order valence-corrected chi connectivity index (χ2v) is 6.38. The summed E-state index contributed by atoms with van der Waals surface area (Å²) in [5.41, 5.74) is 2.76. The smallest absolute Gasteiger partial charge is 0.258 e. The first-order valence-electron chi connectivity index (χ1n) is 6.51. The van der Waals surface area contributed by atoms with Gasteiger partial charge in [0.25, 0.3) is 10.0 Å². The van der Waals surface area contributed by atoms with Crippen LogP contribution in [-0.2, 0) is 23.1 Å². The minimum Gasteiger partial charge on any atom is -0.316 e. The number of rotatable bonds is 6. The highest BCUT2D eigenvalue weighted by molar-refractivity contribution is 7.89. The van der Waals surface area contributed by atoms with Crippen LogP contribution in [0.25, 0.3) is 0 Å². The summed E-state index contributed by atoms with van der Waals surface area (Å²) in [6, 6.07) is 5.09. The molecule has 0 fully saturated rings. The molecule has 0 aliphatic rings. The molecule has 0 aliphatic heterocycles. The zero-order valence-corrected chi connectivity index (χ0v) is 12.8. The number of hydrogen-bond acceptors (Lipinski definition) is 5. The first kappa shape index (κ1) is 15.6. The van der Waals surface area contributed by atoms with Gasteiger partial charge < -0.3 is 5.32 Å². The molecule has 0 radical (unpaired) electrons. The Kier molecular flexibility index (Phi) is 5.00. The van der Waals surface area contributed by atoms with Crippen molar-refractivity contribution in [2.45, 2.75) is 25.0 Å². The lowest BCUT2D eigenvalue weighted by atomic mass is 10.2. The van der Waals surface area contributed by atoms with Crippen LogP contribution < -0.4 is 10.0 Å². The van der Waals surface area contributed by atoms with Crippen LogP contribution in [0.2, 0.25) is 0 Å². The lowest BCUT2D eigenvalue weighted by Crippen LogP contribution is -2.24. The van der Waals surface area contributed by atoms with E-state index in [-0.39, 0.29) is 11.6 Å². The number of aryl methyl sites for hydroxylation is 1. The van der Waals surface area contributed by atoms with Crippen molar-refractivity contribution >= 4 is 10.0 Å². The van der Waals surface area contributed by atoms with Crippen molar-refractivity contribution < 1.29 is 8.42 Å². The Bertz CT molecular complexity index is 699. The van der Waals surface area contributed by atoms with Crippen LogP contribution in [0.3, 0.4) is 0 Å². The highest BCUT2D eigenvalue weighted by Gasteiger charge is 2.15. The van der Waals surface area contributed by atoms with Gasteiger partial charge in [-0.1, -0.05) is 6.07 Å². The topological polar surface area (TPSA) is 84.0 Å². The van der Waals surface area contributed by atoms with Crippen molar-refractivity contribution in [2.75, 3.05) is 7.05 Å². The van der Waals surface area contributed by atoms with Crippen molar-refractivity contribution in [1.29, 1.82) is 0 Å². The summed E-state index contributed by atoms with van der Waals surface area (Å²) in [6.45, 7) is 2.76. The predicted molar refractivity (Wildman–Crippen MR) is 80.0 cm³/mol. The first-order chi connectivity index (χ1) is 10.0. The maximum absolute atomic E-state index is 12.2. The average molecular weight is 306 g/mol. The number of aromatic nitrogens is 2. The molecular formula is C14H18N4O2S. The maximum atomic E-state index is 12.2. The molecule has 2 aromatic rings. The lowest BCUT2D eigenvalue weighted by molar-refractivity contribution is 0.577. The van der Waals surface area contributed by atoms with Crippen molar-refractivity contribution in [3.8, 4) is 0 Å². The SMILES string of the molecule is CNCc1ccc(S(=O)(=O)NCc2cnccc2C)nc1. The summed E-state index contributed by atoms with van der Waals surface area (Å²) in [5.74, 6) is 0. The zero-order chi connectivity index (χ0) is 15.3. The fourth-order valence-corrected chi connectivity index (χ4v) is 2.74. The van der Waals surface area contributed by atoms with Gasteiger partial charge in [0.05, 0.1) is 0 Å². The molecule has 6 nitrogen and oxygen atoms in total. The van der Waals surface area contributed by atoms with E-state index in [4.69, 9.17) is 0 Å². The molecule has 21 heavy (non-hydrogen) atoms. The van der Waals surface area contributed by atoms with Gasteiger partial charge in [-0.15, -0.1) is 0 Å². The second kappa shape index (κ2) is 6.75. The molecule has 2 aromatic heterocycles. The Morgan fingerprint density at radius 1 is 1.14 bits per heavy atom. The summed E-state index contributed by atoms with van der Waals surface area (Å²) >= 11 is 0. The van der Waals surface area contributed by atoms with E-state index in [1.165, 1.54) is 6.07 Å². The predicted octanol–water partition coefficient (Wildman–Crippen LogP) is 0.983. The molecule has 0 amide bonds. The Labute approximate surface area is 124 Å². The standard InChI is InChI=1S/C14H18N4O2S/c1-11-5-6-16-9-13(11)10-18-21(19,20)14-4-3-12(7-15-2)8-17-14/h3-6,8-9,15,18H,7,10H2,1-2H3. The van der Waals surface area contributed by atoms with E-state index in [9.17, 15) is 8.42 Å². The van der Waals surface area contributed by atoms with Gasteiger partial charge in [-0.3, -0.25) is 4.98 Å². The number of pyridine rings is 2. The summed E-state index contributed by atoms with van der Waals surface area (Å²) in [7, 11) is -1.79. The molecule has 0 spiro atoms. The van der Waals surface area contributed by atoms with E-state index in [2.05, 4.69) is 20.0 Å². The quantitative estimate of drug-likeness (QED) is 0.831. The van der Waals surface area contributed by atoms with Gasteiger partial charge in [0.1, 0.15) is 0 Å². The fourth-order valence-electron chi connectivity index (χ4n) is 1.81. The van der Waals surface area contributed by atoms with Crippen molar-refractivity contribution in [2.24, 2.45) is 0 Å². The van der Waals surface area contributed by atoms with E-state index in [0.717, 1.165) is 16.7 Å². The summed E-state index contributed by atoms with van der Waals surface area (Å²) < 4.78 is 26.9. The van der Waals surface area contributed by atoms with Gasteiger partial charge in [-0.2, -0.15) is 0 Å². The van der Waals surface area contributed by atoms with Gasteiger partial charge in [-0.25, -0.2) is 18.1 Å². The fraction of sp³-hybridized carbons (Fsp3) is 0.286. The van der Waals surface area contributed by atoms with Crippen LogP contribution in [0, 0.1) is 6.92 Å². The molecule has 2 rings (SSSR count). The molecule has 0 atom stereocenters. The summed E-state index contributed by atoms with van der Waals surface area (Å²) in [6.07, 6.45) is 4.89. The zero-order valence-electron chi connectivity index (χ0n) is 12.0. The third kappa shape index (κ3) is 4.07. The van der Waals surface area contributed by atoms with Gasteiger partial charge in [-0.05, 0) is 42.8 Å². The lowest BCUT2D eigenvalue weighted by Gasteiger charge is -2.08. The summed E-state index contributed by atoms with van der Waals surface area (Å²) in [4.78, 5) is 7.99. The Morgan fingerprint density at radius 2 is 1.95 bits per heavy atom. The number of nitrogens with one attached hydrogen (secondary N) is 2. The number of nitrogens with zero attached hydrogens (tertiary/aromatic N) is 2. The molecule has 7 heteroatoms. The van der Waals surface area contributed by atoms with Crippen LogP contribution in [0.15, 0.2) is 41.8 Å². The van der Waals surface area contributed by atoms with Crippen LogP contribution >= 0.6 is 0 Å². The second-order valence-electron chi connectivity index (χ2n) is 4.66. The third-order valence-corrected chi connectivity index (χ3v) is 4.37. The average Bonchev–Trinajstić information content (AvgIpc) is 2.47. The molecule has 112 valence electrons. The Hall–Kier alpha value is -1.83. The molecule has 0 saturated carbocycles. The first-order valence-corrected chi connectivity index (χ1v) is 8.00. The van der Waals surface area contributed by atoms with Crippen molar-refractivity contribution in [3.63, 3.8) is 0 Å². The molecule has 0 aliphatic carbocycles. The van der Waals surface area contributed by atoms with Crippen LogP contribution in [0.1, 0.15) is 16.7 Å². The maximum Gasteiger partial charge on any atom is 0.258 e. The molecular weight excluding hydrogens is 288 g/mol. The molecule has 0 unspecified atom stereocenters.